The fourth-order valence-electron chi connectivity index (χ4n) is 4.54. The molecule has 5 nitrogen and oxygen atoms in total. The summed E-state index contributed by atoms with van der Waals surface area (Å²) in [4.78, 5) is 22.7. The van der Waals surface area contributed by atoms with Crippen molar-refractivity contribution in [3.05, 3.63) is 46.9 Å². The highest BCUT2D eigenvalue weighted by Crippen LogP contribution is 2.29. The lowest BCUT2D eigenvalue weighted by molar-refractivity contribution is 0.0732. The van der Waals surface area contributed by atoms with Gasteiger partial charge in [-0.1, -0.05) is 11.6 Å². The number of amides is 1. The third kappa shape index (κ3) is 3.53. The van der Waals surface area contributed by atoms with Crippen molar-refractivity contribution < 1.29 is 4.79 Å². The van der Waals surface area contributed by atoms with Crippen molar-refractivity contribution in [2.45, 2.75) is 46.6 Å². The molecular formula is C22H30N4O. The van der Waals surface area contributed by atoms with E-state index in [1.807, 2.05) is 29.7 Å². The summed E-state index contributed by atoms with van der Waals surface area (Å²) >= 11 is 0. The van der Waals surface area contributed by atoms with Crippen molar-refractivity contribution in [3.8, 4) is 0 Å². The zero-order valence-electron chi connectivity index (χ0n) is 16.9. The molecule has 3 fully saturated rings. The Morgan fingerprint density at radius 3 is 2.81 bits per heavy atom. The monoisotopic (exact) mass is 366 g/mol. The summed E-state index contributed by atoms with van der Waals surface area (Å²) < 4.78 is 1.96. The number of pyridine rings is 1. The molecule has 3 aliphatic rings. The van der Waals surface area contributed by atoms with Crippen LogP contribution in [0.2, 0.25) is 0 Å². The third-order valence-corrected chi connectivity index (χ3v) is 6.01. The van der Waals surface area contributed by atoms with E-state index in [1.54, 1.807) is 0 Å². The molecule has 144 valence electrons. The van der Waals surface area contributed by atoms with Crippen molar-refractivity contribution in [1.82, 2.24) is 19.2 Å². The smallest absolute Gasteiger partial charge is 0.272 e. The van der Waals surface area contributed by atoms with E-state index in [0.29, 0.717) is 12.0 Å². The number of fused-ring (bicyclic) bond motifs is 5. The summed E-state index contributed by atoms with van der Waals surface area (Å²) in [5.41, 5.74) is 4.93. The number of carbonyl (C=O) groups excluding carboxylic acids is 1. The first kappa shape index (κ1) is 18.2. The van der Waals surface area contributed by atoms with E-state index < -0.39 is 0 Å². The molecule has 0 unspecified atom stereocenters. The van der Waals surface area contributed by atoms with Gasteiger partial charge < -0.3 is 4.90 Å². The van der Waals surface area contributed by atoms with Crippen LogP contribution in [-0.2, 0) is 0 Å². The summed E-state index contributed by atoms with van der Waals surface area (Å²) in [5.74, 6) is 0.699. The van der Waals surface area contributed by atoms with Gasteiger partial charge in [0, 0.05) is 38.4 Å². The number of nitrogens with zero attached hydrogens (tertiary/aromatic N) is 4. The molecule has 3 saturated heterocycles. The third-order valence-electron chi connectivity index (χ3n) is 6.01. The fourth-order valence-corrected chi connectivity index (χ4v) is 4.54. The number of hydrogen-bond donors (Lipinski definition) is 0. The lowest BCUT2D eigenvalue weighted by Crippen LogP contribution is -2.44. The first-order chi connectivity index (χ1) is 12.9. The Hall–Kier alpha value is -2.14. The van der Waals surface area contributed by atoms with Gasteiger partial charge in [0.15, 0.2) is 0 Å². The molecule has 2 aromatic rings. The van der Waals surface area contributed by atoms with E-state index in [0.717, 1.165) is 48.8 Å². The van der Waals surface area contributed by atoms with Crippen LogP contribution >= 0.6 is 0 Å². The molecule has 1 amide bonds. The van der Waals surface area contributed by atoms with Crippen LogP contribution in [0, 0.1) is 19.8 Å². The molecule has 0 spiro atoms. The minimum absolute atomic E-state index is 0.129. The number of rotatable bonds is 3. The predicted molar refractivity (Wildman–Crippen MR) is 108 cm³/mol. The predicted octanol–water partition coefficient (Wildman–Crippen LogP) is 3.45. The number of allylic oxidation sites excluding steroid dienone is 1. The topological polar surface area (TPSA) is 40.8 Å². The van der Waals surface area contributed by atoms with Gasteiger partial charge in [-0.25, -0.2) is 4.98 Å². The van der Waals surface area contributed by atoms with Gasteiger partial charge in [0.2, 0.25) is 0 Å². The molecule has 2 bridgehead atoms. The molecule has 27 heavy (non-hydrogen) atoms. The average Bonchev–Trinajstić information content (AvgIpc) is 2.77. The number of hydrogen-bond acceptors (Lipinski definition) is 3. The van der Waals surface area contributed by atoms with E-state index in [-0.39, 0.29) is 5.91 Å². The van der Waals surface area contributed by atoms with Gasteiger partial charge in [0.1, 0.15) is 11.3 Å². The van der Waals surface area contributed by atoms with E-state index in [4.69, 9.17) is 0 Å². The Bertz CT molecular complexity index is 893. The molecule has 2 atom stereocenters. The summed E-state index contributed by atoms with van der Waals surface area (Å²) in [6.45, 7) is 12.1. The van der Waals surface area contributed by atoms with Crippen molar-refractivity contribution in [1.29, 1.82) is 0 Å². The van der Waals surface area contributed by atoms with Gasteiger partial charge >= 0.3 is 0 Å². The second-order valence-electron chi connectivity index (χ2n) is 8.52. The quantitative estimate of drug-likeness (QED) is 0.781. The van der Waals surface area contributed by atoms with Crippen molar-refractivity contribution in [3.63, 3.8) is 0 Å². The minimum atomic E-state index is 0.129. The highest BCUT2D eigenvalue weighted by atomic mass is 16.2. The molecule has 0 radical (unpaired) electrons. The number of aryl methyl sites for hydroxylation is 2. The number of imidazole rings is 1. The maximum Gasteiger partial charge on any atom is 0.272 e. The molecule has 0 aromatic carbocycles. The van der Waals surface area contributed by atoms with Crippen molar-refractivity contribution in [2.75, 3.05) is 26.2 Å². The largest absolute Gasteiger partial charge is 0.335 e. The molecule has 5 heterocycles. The van der Waals surface area contributed by atoms with Crippen LogP contribution in [0.4, 0.5) is 0 Å². The Kier molecular flexibility index (Phi) is 4.81. The highest BCUT2D eigenvalue weighted by Gasteiger charge is 2.37. The molecule has 0 N–H and O–H groups in total. The molecule has 0 saturated carbocycles. The van der Waals surface area contributed by atoms with E-state index in [9.17, 15) is 4.79 Å². The molecule has 2 aromatic heterocycles. The van der Waals surface area contributed by atoms with Crippen LogP contribution in [0.1, 0.15) is 48.4 Å². The average molecular weight is 367 g/mol. The molecule has 5 rings (SSSR count). The van der Waals surface area contributed by atoms with Gasteiger partial charge in [-0.05, 0) is 64.2 Å². The first-order valence-electron chi connectivity index (χ1n) is 10.0. The molecular weight excluding hydrogens is 336 g/mol. The normalized spacial score (nSPS) is 22.9. The van der Waals surface area contributed by atoms with Crippen LogP contribution in [0.25, 0.3) is 5.65 Å². The maximum atomic E-state index is 13.5. The first-order valence-corrected chi connectivity index (χ1v) is 10.0. The van der Waals surface area contributed by atoms with Crippen LogP contribution in [0.5, 0.6) is 0 Å². The Labute approximate surface area is 161 Å². The van der Waals surface area contributed by atoms with Crippen molar-refractivity contribution in [2.24, 2.45) is 5.92 Å². The van der Waals surface area contributed by atoms with Crippen molar-refractivity contribution >= 4 is 11.6 Å². The van der Waals surface area contributed by atoms with Gasteiger partial charge in [-0.3, -0.25) is 14.1 Å². The lowest BCUT2D eigenvalue weighted by Gasteiger charge is -2.35. The second-order valence-corrected chi connectivity index (χ2v) is 8.52. The van der Waals surface area contributed by atoms with E-state index >= 15 is 0 Å². The Morgan fingerprint density at radius 2 is 2.04 bits per heavy atom. The van der Waals surface area contributed by atoms with Crippen LogP contribution in [-0.4, -0.2) is 57.3 Å². The number of carbonyl (C=O) groups is 1. The summed E-state index contributed by atoms with van der Waals surface area (Å²) in [7, 11) is 0. The fraction of sp³-hybridized carbons (Fsp3) is 0.545. The summed E-state index contributed by atoms with van der Waals surface area (Å²) in [6, 6.07) is 4.54. The molecule has 0 aliphatic carbocycles. The minimum Gasteiger partial charge on any atom is -0.335 e. The summed E-state index contributed by atoms with van der Waals surface area (Å²) in [6.07, 6.45) is 6.71. The van der Waals surface area contributed by atoms with Crippen LogP contribution in [0.15, 0.2) is 30.0 Å². The lowest BCUT2D eigenvalue weighted by atomic mass is 9.95. The van der Waals surface area contributed by atoms with Crippen LogP contribution in [0.3, 0.4) is 0 Å². The van der Waals surface area contributed by atoms with E-state index in [2.05, 4.69) is 41.6 Å². The Balaban J connectivity index is 1.60. The SMILES string of the molecule is CC(C)=CCN1C[C@@H]2CC[C@H]1CN(C(=O)c1c(C)nc3cc(C)ccn13)C2. The number of aromatic nitrogens is 2. The van der Waals surface area contributed by atoms with Gasteiger partial charge in [0.05, 0.1) is 5.69 Å². The number of piperidine rings is 1. The molecule has 3 aliphatic heterocycles. The zero-order valence-corrected chi connectivity index (χ0v) is 16.9. The molecule has 5 heteroatoms. The van der Waals surface area contributed by atoms with Crippen LogP contribution < -0.4 is 0 Å². The van der Waals surface area contributed by atoms with Gasteiger partial charge in [-0.15, -0.1) is 0 Å². The van der Waals surface area contributed by atoms with Gasteiger partial charge in [0.25, 0.3) is 5.91 Å². The highest BCUT2D eigenvalue weighted by molar-refractivity contribution is 5.94. The van der Waals surface area contributed by atoms with Gasteiger partial charge in [-0.2, -0.15) is 0 Å². The standard InChI is InChI=1S/C22H30N4O/c1-15(2)7-9-24-12-18-5-6-19(24)14-25(13-18)22(27)21-17(4)23-20-11-16(3)8-10-26(20)21/h7-8,10-11,18-19H,5-6,9,12-14H2,1-4H3/t18-,19-/m0/s1. The van der Waals surface area contributed by atoms with E-state index in [1.165, 1.54) is 18.4 Å². The Morgan fingerprint density at radius 1 is 1.22 bits per heavy atom. The second kappa shape index (κ2) is 7.12. The zero-order chi connectivity index (χ0) is 19.1. The summed E-state index contributed by atoms with van der Waals surface area (Å²) in [5, 5.41) is 0. The maximum absolute atomic E-state index is 13.5.